The summed E-state index contributed by atoms with van der Waals surface area (Å²) in [6, 6.07) is 0. The van der Waals surface area contributed by atoms with Crippen molar-refractivity contribution in [2.75, 3.05) is 46.2 Å². The van der Waals surface area contributed by atoms with Crippen LogP contribution in [0.2, 0.25) is 0 Å². The standard InChI is InChI=1S/C27H56NO3.HI/c1-3-5-6-7-8-9-10-11-12-13-14-15-16-20-23-30-25-27(31-4-2)24-28(26-29)21-18-17-19-22-28;/h27,29H,3-26H2,1-2H3;1H/q+1;/p-1. The summed E-state index contributed by atoms with van der Waals surface area (Å²) in [6.07, 6.45) is 23.3. The summed E-state index contributed by atoms with van der Waals surface area (Å²) in [5.74, 6) is 0. The number of likely N-dealkylation sites (tertiary alicyclic amines) is 1. The van der Waals surface area contributed by atoms with Crippen molar-refractivity contribution < 1.29 is 43.0 Å². The number of piperidine rings is 1. The second-order valence-corrected chi connectivity index (χ2v) is 9.92. The van der Waals surface area contributed by atoms with E-state index in [-0.39, 0.29) is 36.8 Å². The summed E-state index contributed by atoms with van der Waals surface area (Å²) in [5, 5.41) is 9.95. The lowest BCUT2D eigenvalue weighted by Crippen LogP contribution is -3.00. The number of quaternary nitrogens is 1. The van der Waals surface area contributed by atoms with Gasteiger partial charge in [-0.05, 0) is 32.6 Å². The molecule has 0 aromatic heterocycles. The molecule has 0 spiro atoms. The Kier molecular flexibility index (Phi) is 23.7. The second kappa shape index (κ2) is 23.3. The highest BCUT2D eigenvalue weighted by Crippen LogP contribution is 2.20. The van der Waals surface area contributed by atoms with Crippen molar-refractivity contribution in [1.29, 1.82) is 0 Å². The summed E-state index contributed by atoms with van der Waals surface area (Å²) in [5.41, 5.74) is 0. The minimum atomic E-state index is 0. The number of nitrogens with zero attached hydrogens (tertiary/aromatic N) is 1. The molecule has 4 nitrogen and oxygen atoms in total. The van der Waals surface area contributed by atoms with Crippen molar-refractivity contribution >= 4 is 0 Å². The van der Waals surface area contributed by atoms with Crippen LogP contribution >= 0.6 is 0 Å². The van der Waals surface area contributed by atoms with E-state index >= 15 is 0 Å². The van der Waals surface area contributed by atoms with Crippen LogP contribution < -0.4 is 24.0 Å². The van der Waals surface area contributed by atoms with Crippen molar-refractivity contribution in [1.82, 2.24) is 0 Å². The molecule has 1 fully saturated rings. The van der Waals surface area contributed by atoms with Gasteiger partial charge in [0.05, 0.1) is 19.7 Å². The third-order valence-electron chi connectivity index (χ3n) is 7.00. The van der Waals surface area contributed by atoms with E-state index < -0.39 is 0 Å². The smallest absolute Gasteiger partial charge is 0.180 e. The van der Waals surface area contributed by atoms with E-state index in [1.165, 1.54) is 103 Å². The second-order valence-electron chi connectivity index (χ2n) is 9.92. The first-order valence-electron chi connectivity index (χ1n) is 13.9. The molecule has 1 heterocycles. The molecule has 1 aliphatic rings. The highest BCUT2D eigenvalue weighted by molar-refractivity contribution is 4.61. The first kappa shape index (κ1) is 32.6. The van der Waals surface area contributed by atoms with Crippen LogP contribution in [-0.4, -0.2) is 61.9 Å². The normalized spacial score (nSPS) is 16.6. The molecule has 0 bridgehead atoms. The zero-order chi connectivity index (χ0) is 22.5. The van der Waals surface area contributed by atoms with E-state index in [4.69, 9.17) is 9.47 Å². The molecule has 0 radical (unpaired) electrons. The van der Waals surface area contributed by atoms with Gasteiger partial charge in [0, 0.05) is 13.2 Å². The van der Waals surface area contributed by atoms with Crippen molar-refractivity contribution in [2.24, 2.45) is 0 Å². The van der Waals surface area contributed by atoms with Crippen LogP contribution in [0.5, 0.6) is 0 Å². The van der Waals surface area contributed by atoms with Gasteiger partial charge >= 0.3 is 0 Å². The quantitative estimate of drug-likeness (QED) is 0.122. The van der Waals surface area contributed by atoms with Gasteiger partial charge in [-0.25, -0.2) is 0 Å². The Morgan fingerprint density at radius 2 is 1.22 bits per heavy atom. The first-order valence-corrected chi connectivity index (χ1v) is 13.9. The van der Waals surface area contributed by atoms with Gasteiger partial charge in [-0.15, -0.1) is 0 Å². The van der Waals surface area contributed by atoms with Gasteiger partial charge in [-0.3, -0.25) is 4.48 Å². The summed E-state index contributed by atoms with van der Waals surface area (Å²) < 4.78 is 12.7. The van der Waals surface area contributed by atoms with Crippen molar-refractivity contribution in [2.45, 2.75) is 129 Å². The molecule has 0 aromatic rings. The number of hydrogen-bond donors (Lipinski definition) is 1. The SMILES string of the molecule is CCCCCCCCCCCCCCCCOCC(C[N+]1(CO)CCCCC1)OCC.[I-]. The number of rotatable bonds is 22. The number of halogens is 1. The molecular weight excluding hydrogens is 513 g/mol. The lowest BCUT2D eigenvalue weighted by atomic mass is 10.0. The lowest BCUT2D eigenvalue weighted by Gasteiger charge is -2.41. The third kappa shape index (κ3) is 17.1. The van der Waals surface area contributed by atoms with Crippen LogP contribution in [-0.2, 0) is 9.47 Å². The molecule has 0 saturated carbocycles. The fourth-order valence-electron chi connectivity index (χ4n) is 5.00. The average molecular weight is 570 g/mol. The van der Waals surface area contributed by atoms with Crippen LogP contribution in [0.1, 0.15) is 123 Å². The maximum atomic E-state index is 9.95. The van der Waals surface area contributed by atoms with Gasteiger partial charge in [0.25, 0.3) is 0 Å². The van der Waals surface area contributed by atoms with Gasteiger partial charge in [-0.2, -0.15) is 0 Å². The molecule has 1 N–H and O–H groups in total. The largest absolute Gasteiger partial charge is 1.00 e. The number of unbranched alkanes of at least 4 members (excludes halogenated alkanes) is 13. The average Bonchev–Trinajstić information content (AvgIpc) is 2.79. The highest BCUT2D eigenvalue weighted by atomic mass is 127. The Bertz CT molecular complexity index is 378. The van der Waals surface area contributed by atoms with Crippen LogP contribution in [0.4, 0.5) is 0 Å². The maximum absolute atomic E-state index is 9.95. The van der Waals surface area contributed by atoms with Crippen molar-refractivity contribution in [3.63, 3.8) is 0 Å². The molecule has 1 atom stereocenters. The Hall–Kier alpha value is 0.570. The summed E-state index contributed by atoms with van der Waals surface area (Å²) in [4.78, 5) is 0. The summed E-state index contributed by atoms with van der Waals surface area (Å²) in [6.45, 7) is 9.88. The highest BCUT2D eigenvalue weighted by Gasteiger charge is 2.32. The molecule has 1 rings (SSSR count). The minimum absolute atomic E-state index is 0. The van der Waals surface area contributed by atoms with E-state index in [0.717, 1.165) is 43.8 Å². The van der Waals surface area contributed by atoms with E-state index in [1.807, 2.05) is 0 Å². The van der Waals surface area contributed by atoms with Gasteiger partial charge in [0.1, 0.15) is 12.6 Å². The third-order valence-corrected chi connectivity index (χ3v) is 7.00. The summed E-state index contributed by atoms with van der Waals surface area (Å²) in [7, 11) is 0. The van der Waals surface area contributed by atoms with E-state index in [0.29, 0.717) is 6.61 Å². The first-order chi connectivity index (χ1) is 15.3. The fraction of sp³-hybridized carbons (Fsp3) is 1.00. The molecule has 0 aliphatic carbocycles. The zero-order valence-electron chi connectivity index (χ0n) is 21.6. The predicted molar refractivity (Wildman–Crippen MR) is 132 cm³/mol. The maximum Gasteiger partial charge on any atom is 0.180 e. The fourth-order valence-corrected chi connectivity index (χ4v) is 5.00. The monoisotopic (exact) mass is 569 g/mol. The van der Waals surface area contributed by atoms with E-state index in [2.05, 4.69) is 13.8 Å². The van der Waals surface area contributed by atoms with Crippen molar-refractivity contribution in [3.05, 3.63) is 0 Å². The van der Waals surface area contributed by atoms with Gasteiger partial charge in [-0.1, -0.05) is 90.4 Å². The number of aliphatic hydroxyl groups is 1. The Morgan fingerprint density at radius 3 is 1.69 bits per heavy atom. The zero-order valence-corrected chi connectivity index (χ0v) is 23.8. The molecule has 32 heavy (non-hydrogen) atoms. The Labute approximate surface area is 217 Å². The van der Waals surface area contributed by atoms with Crippen LogP contribution in [0.25, 0.3) is 0 Å². The molecular formula is C27H56INO3. The Morgan fingerprint density at radius 1 is 0.719 bits per heavy atom. The molecule has 0 aromatic carbocycles. The molecule has 1 aliphatic heterocycles. The number of aliphatic hydroxyl groups excluding tert-OH is 1. The van der Waals surface area contributed by atoms with Crippen molar-refractivity contribution in [3.8, 4) is 0 Å². The number of hydrogen-bond acceptors (Lipinski definition) is 3. The van der Waals surface area contributed by atoms with Gasteiger partial charge in [0.15, 0.2) is 6.73 Å². The molecule has 0 amide bonds. The van der Waals surface area contributed by atoms with Crippen LogP contribution in [0.15, 0.2) is 0 Å². The van der Waals surface area contributed by atoms with E-state index in [1.54, 1.807) is 0 Å². The molecule has 1 saturated heterocycles. The van der Waals surface area contributed by atoms with Crippen LogP contribution in [0, 0.1) is 0 Å². The van der Waals surface area contributed by atoms with Gasteiger partial charge in [0.2, 0.25) is 0 Å². The molecule has 5 heteroatoms. The van der Waals surface area contributed by atoms with E-state index in [9.17, 15) is 5.11 Å². The molecule has 194 valence electrons. The van der Waals surface area contributed by atoms with Gasteiger partial charge < -0.3 is 38.6 Å². The topological polar surface area (TPSA) is 38.7 Å². The minimum Gasteiger partial charge on any atom is -1.00 e. The molecule has 1 unspecified atom stereocenters. The summed E-state index contributed by atoms with van der Waals surface area (Å²) >= 11 is 0. The predicted octanol–water partition coefficient (Wildman–Crippen LogP) is 3.84. The Balaban J connectivity index is 0.00000961. The lowest BCUT2D eigenvalue weighted by molar-refractivity contribution is -0.951. The number of ether oxygens (including phenoxy) is 2. The van der Waals surface area contributed by atoms with Crippen LogP contribution in [0.3, 0.4) is 0 Å².